The first-order valence-electron chi connectivity index (χ1n) is 8.73. The van der Waals surface area contributed by atoms with Gasteiger partial charge in [-0.2, -0.15) is 0 Å². The Hall–Kier alpha value is -3.13. The van der Waals surface area contributed by atoms with Gasteiger partial charge >= 0.3 is 0 Å². The molecule has 8 nitrogen and oxygen atoms in total. The summed E-state index contributed by atoms with van der Waals surface area (Å²) in [6.07, 6.45) is 0.122. The lowest BCUT2D eigenvalue weighted by Gasteiger charge is -2.18. The van der Waals surface area contributed by atoms with E-state index >= 15 is 0 Å². The summed E-state index contributed by atoms with van der Waals surface area (Å²) in [5, 5.41) is 2.81. The maximum atomic E-state index is 12.6. The van der Waals surface area contributed by atoms with E-state index in [4.69, 9.17) is 19.9 Å². The summed E-state index contributed by atoms with van der Waals surface area (Å²) in [5.41, 5.74) is 7.48. The number of nitrogen functional groups attached to an aromatic ring is 1. The predicted octanol–water partition coefficient (Wildman–Crippen LogP) is 2.71. The van der Waals surface area contributed by atoms with Crippen molar-refractivity contribution in [3.8, 4) is 17.2 Å². The number of nitrogens with zero attached hydrogens (tertiary/aromatic N) is 1. The Morgan fingerprint density at radius 1 is 1.07 bits per heavy atom. The predicted molar refractivity (Wildman–Crippen MR) is 113 cm³/mol. The van der Waals surface area contributed by atoms with Crippen LogP contribution in [0.25, 0.3) is 0 Å². The minimum atomic E-state index is -0.479. The van der Waals surface area contributed by atoms with Crippen molar-refractivity contribution < 1.29 is 23.8 Å². The number of nitrogens with one attached hydrogen (secondary N) is 1. The van der Waals surface area contributed by atoms with E-state index in [-0.39, 0.29) is 37.2 Å². The average molecular weight is 422 g/mol. The lowest BCUT2D eigenvalue weighted by atomic mass is 10.1. The van der Waals surface area contributed by atoms with Gasteiger partial charge in [-0.15, -0.1) is 12.4 Å². The van der Waals surface area contributed by atoms with Crippen molar-refractivity contribution in [2.75, 3.05) is 43.8 Å². The van der Waals surface area contributed by atoms with E-state index < -0.39 is 5.92 Å². The molecule has 0 radical (unpaired) electrons. The molecule has 3 N–H and O–H groups in total. The third-order valence-electron chi connectivity index (χ3n) is 4.64. The third kappa shape index (κ3) is 4.83. The van der Waals surface area contributed by atoms with Crippen molar-refractivity contribution >= 4 is 41.3 Å². The van der Waals surface area contributed by atoms with Crippen LogP contribution >= 0.6 is 12.4 Å². The maximum absolute atomic E-state index is 12.6. The summed E-state index contributed by atoms with van der Waals surface area (Å²) in [6, 6.07) is 10.2. The van der Waals surface area contributed by atoms with Crippen LogP contribution < -0.4 is 30.2 Å². The summed E-state index contributed by atoms with van der Waals surface area (Å²) >= 11 is 0. The second-order valence-corrected chi connectivity index (χ2v) is 6.42. The molecule has 0 aliphatic carbocycles. The Morgan fingerprint density at radius 2 is 1.72 bits per heavy atom. The fourth-order valence-electron chi connectivity index (χ4n) is 3.14. The molecular formula is C20H24ClN3O5. The van der Waals surface area contributed by atoms with Gasteiger partial charge in [-0.3, -0.25) is 9.59 Å². The number of hydrogen-bond donors (Lipinski definition) is 2. The summed E-state index contributed by atoms with van der Waals surface area (Å²) < 4.78 is 15.6. The third-order valence-corrected chi connectivity index (χ3v) is 4.64. The number of carbonyl (C=O) groups is 2. The van der Waals surface area contributed by atoms with Crippen molar-refractivity contribution in [2.45, 2.75) is 6.42 Å². The van der Waals surface area contributed by atoms with Crippen LogP contribution in [0.15, 0.2) is 36.4 Å². The van der Waals surface area contributed by atoms with Crippen molar-refractivity contribution in [3.63, 3.8) is 0 Å². The van der Waals surface area contributed by atoms with E-state index in [9.17, 15) is 9.59 Å². The number of methoxy groups -OCH3 is 3. The molecule has 1 fully saturated rings. The lowest BCUT2D eigenvalue weighted by Crippen LogP contribution is -2.28. The molecule has 1 heterocycles. The zero-order valence-corrected chi connectivity index (χ0v) is 17.2. The van der Waals surface area contributed by atoms with Crippen LogP contribution in [0.2, 0.25) is 0 Å². The fourth-order valence-corrected chi connectivity index (χ4v) is 3.14. The molecule has 1 aliphatic rings. The lowest BCUT2D eigenvalue weighted by molar-refractivity contribution is -0.122. The number of rotatable bonds is 6. The summed E-state index contributed by atoms with van der Waals surface area (Å²) in [7, 11) is 4.61. The Balaban J connectivity index is 0.00000300. The van der Waals surface area contributed by atoms with Crippen molar-refractivity contribution in [2.24, 2.45) is 5.92 Å². The quantitative estimate of drug-likeness (QED) is 0.695. The molecule has 2 aromatic rings. The van der Waals surface area contributed by atoms with Crippen LogP contribution in [0.4, 0.5) is 17.1 Å². The van der Waals surface area contributed by atoms with Crippen molar-refractivity contribution in [1.82, 2.24) is 0 Å². The Kier molecular flexibility index (Phi) is 7.17. The average Bonchev–Trinajstić information content (AvgIpc) is 3.09. The van der Waals surface area contributed by atoms with Gasteiger partial charge in [0, 0.05) is 36.9 Å². The number of carbonyl (C=O) groups excluding carboxylic acids is 2. The molecule has 0 aromatic heterocycles. The van der Waals surface area contributed by atoms with Crippen molar-refractivity contribution in [3.05, 3.63) is 36.4 Å². The molecule has 0 bridgehead atoms. The topological polar surface area (TPSA) is 103 Å². The molecule has 9 heteroatoms. The van der Waals surface area contributed by atoms with E-state index in [0.29, 0.717) is 34.3 Å². The first kappa shape index (κ1) is 22.2. The van der Waals surface area contributed by atoms with Gasteiger partial charge in [0.25, 0.3) is 0 Å². The highest BCUT2D eigenvalue weighted by Crippen LogP contribution is 2.33. The monoisotopic (exact) mass is 421 g/mol. The van der Waals surface area contributed by atoms with Gasteiger partial charge in [-0.1, -0.05) is 0 Å². The summed E-state index contributed by atoms with van der Waals surface area (Å²) in [5.74, 6) is 0.827. The molecular weight excluding hydrogens is 398 g/mol. The molecule has 0 saturated carbocycles. The van der Waals surface area contributed by atoms with Crippen LogP contribution in [-0.2, 0) is 9.59 Å². The molecule has 0 spiro atoms. The highest BCUT2D eigenvalue weighted by Gasteiger charge is 2.35. The molecule has 1 aliphatic heterocycles. The Bertz CT molecular complexity index is 883. The van der Waals surface area contributed by atoms with E-state index in [2.05, 4.69) is 5.32 Å². The van der Waals surface area contributed by atoms with Gasteiger partial charge in [0.15, 0.2) is 0 Å². The molecule has 156 valence electrons. The molecule has 3 rings (SSSR count). The van der Waals surface area contributed by atoms with Gasteiger partial charge < -0.3 is 30.2 Å². The summed E-state index contributed by atoms with van der Waals surface area (Å²) in [6.45, 7) is 0.270. The maximum Gasteiger partial charge on any atom is 0.229 e. The smallest absolute Gasteiger partial charge is 0.229 e. The number of hydrogen-bond acceptors (Lipinski definition) is 6. The van der Waals surface area contributed by atoms with Gasteiger partial charge in [0.1, 0.15) is 17.2 Å². The van der Waals surface area contributed by atoms with E-state index in [1.807, 2.05) is 0 Å². The minimum Gasteiger partial charge on any atom is -0.497 e. The zero-order chi connectivity index (χ0) is 20.3. The van der Waals surface area contributed by atoms with Gasteiger partial charge in [0.05, 0.1) is 38.6 Å². The molecule has 1 saturated heterocycles. The molecule has 2 aromatic carbocycles. The number of nitrogens with two attached hydrogens (primary N) is 1. The first-order valence-corrected chi connectivity index (χ1v) is 8.73. The zero-order valence-electron chi connectivity index (χ0n) is 16.4. The molecule has 1 unspecified atom stereocenters. The molecule has 29 heavy (non-hydrogen) atoms. The summed E-state index contributed by atoms with van der Waals surface area (Å²) in [4.78, 5) is 26.7. The van der Waals surface area contributed by atoms with Crippen LogP contribution in [0.3, 0.4) is 0 Å². The second-order valence-electron chi connectivity index (χ2n) is 6.42. The van der Waals surface area contributed by atoms with Crippen LogP contribution in [0, 0.1) is 5.92 Å². The van der Waals surface area contributed by atoms with E-state index in [0.717, 1.165) is 0 Å². The largest absolute Gasteiger partial charge is 0.497 e. The Labute approximate surface area is 175 Å². The fraction of sp³-hybridized carbons (Fsp3) is 0.300. The van der Waals surface area contributed by atoms with Gasteiger partial charge in [0.2, 0.25) is 11.8 Å². The number of benzene rings is 2. The minimum absolute atomic E-state index is 0. The number of halogens is 1. The van der Waals surface area contributed by atoms with E-state index in [1.54, 1.807) is 55.5 Å². The molecule has 2 amide bonds. The van der Waals surface area contributed by atoms with Gasteiger partial charge in [-0.25, -0.2) is 0 Å². The highest BCUT2D eigenvalue weighted by molar-refractivity contribution is 6.03. The second kappa shape index (κ2) is 9.38. The Morgan fingerprint density at radius 3 is 2.28 bits per heavy atom. The number of anilines is 3. The van der Waals surface area contributed by atoms with E-state index in [1.165, 1.54) is 7.11 Å². The first-order chi connectivity index (χ1) is 13.4. The highest BCUT2D eigenvalue weighted by atomic mass is 35.5. The van der Waals surface area contributed by atoms with Crippen LogP contribution in [0.1, 0.15) is 6.42 Å². The normalized spacial score (nSPS) is 15.5. The van der Waals surface area contributed by atoms with Crippen molar-refractivity contribution in [1.29, 1.82) is 0 Å². The standard InChI is InChI=1S/C20H23N3O5.ClH/c1-26-15-8-14(9-16(10-15)27-2)23-11-12(6-19(23)24)20(25)22-13-4-5-18(28-3)17(21)7-13;/h4-5,7-10,12H,6,11,21H2,1-3H3,(H,22,25);1H. The molecule has 1 atom stereocenters. The van der Waals surface area contributed by atoms with Crippen LogP contribution in [0.5, 0.6) is 17.2 Å². The number of ether oxygens (including phenoxy) is 3. The van der Waals surface area contributed by atoms with Gasteiger partial charge in [-0.05, 0) is 18.2 Å². The van der Waals surface area contributed by atoms with Crippen LogP contribution in [-0.4, -0.2) is 39.7 Å². The SMILES string of the molecule is COc1cc(OC)cc(N2CC(C(=O)Nc3ccc(OC)c(N)c3)CC2=O)c1.Cl. The number of amides is 2.